The van der Waals surface area contributed by atoms with Crippen molar-refractivity contribution in [2.24, 2.45) is 16.7 Å². The minimum atomic E-state index is -3.13. The quantitative estimate of drug-likeness (QED) is 0.0231. The lowest BCUT2D eigenvalue weighted by atomic mass is 9.82. The number of Topliss-reactive ketones (excluding diaryl/α,β-unsaturated/α-hetero) is 1. The molecule has 5 atom stereocenters. The summed E-state index contributed by atoms with van der Waals surface area (Å²) < 4.78 is 26.6. The van der Waals surface area contributed by atoms with Crippen molar-refractivity contribution in [3.05, 3.63) is 42.0 Å². The molecule has 1 rings (SSSR count). The van der Waals surface area contributed by atoms with Gasteiger partial charge < -0.3 is 39.2 Å². The maximum atomic E-state index is 14.3. The first-order chi connectivity index (χ1) is 29.9. The number of carbonyl (C=O) groups is 7. The fraction of sp³-hybridized carbons (Fsp3) is 0.653. The predicted octanol–water partition coefficient (Wildman–Crippen LogP) is 7.72. The number of aliphatic carboxylic acids is 1. The Bertz CT molecular complexity index is 1760. The van der Waals surface area contributed by atoms with Crippen LogP contribution in [-0.2, 0) is 58.9 Å². The molecule has 0 bridgehead atoms. The van der Waals surface area contributed by atoms with E-state index in [-0.39, 0.29) is 18.8 Å². The number of ketones is 1. The molecule has 0 aliphatic heterocycles. The van der Waals surface area contributed by atoms with E-state index in [4.69, 9.17) is 23.7 Å². The highest BCUT2D eigenvalue weighted by atomic mass is 16.7. The molecule has 0 fully saturated rings. The first-order valence-corrected chi connectivity index (χ1v) is 22.3. The molecule has 0 aliphatic carbocycles. The van der Waals surface area contributed by atoms with Gasteiger partial charge >= 0.3 is 29.8 Å². The van der Waals surface area contributed by atoms with Crippen molar-refractivity contribution in [2.75, 3.05) is 6.61 Å². The van der Waals surface area contributed by atoms with Crippen LogP contribution in [0, 0.1) is 28.6 Å². The number of nitrogens with one attached hydrogen (secondary N) is 1. The second-order valence-corrected chi connectivity index (χ2v) is 18.0. The van der Waals surface area contributed by atoms with Gasteiger partial charge in [-0.05, 0) is 91.8 Å². The fourth-order valence-electron chi connectivity index (χ4n) is 6.00. The summed E-state index contributed by atoms with van der Waals surface area (Å²) in [4.78, 5) is 91.3. The van der Waals surface area contributed by atoms with E-state index in [0.717, 1.165) is 51.0 Å². The number of unbranched alkanes of at least 4 members (excludes halogenated alkanes) is 8. The molecule has 0 aromatic heterocycles. The van der Waals surface area contributed by atoms with Gasteiger partial charge in [-0.2, -0.15) is 0 Å². The summed E-state index contributed by atoms with van der Waals surface area (Å²) in [6.45, 7) is 16.1. The monoisotopic (exact) mass is 900 g/mol. The second kappa shape index (κ2) is 28.5. The Morgan fingerprint density at radius 3 is 1.80 bits per heavy atom. The largest absolute Gasteiger partial charge is 0.481 e. The molecule has 0 spiro atoms. The van der Waals surface area contributed by atoms with E-state index in [2.05, 4.69) is 24.1 Å². The Kier molecular flexibility index (Phi) is 25.3. The number of amides is 1. The van der Waals surface area contributed by atoms with Gasteiger partial charge in [-0.15, -0.1) is 5.92 Å². The average molecular weight is 900 g/mol. The summed E-state index contributed by atoms with van der Waals surface area (Å²) in [7, 11) is 0. The minimum absolute atomic E-state index is 0.141. The van der Waals surface area contributed by atoms with Gasteiger partial charge in [0.25, 0.3) is 0 Å². The molecule has 1 amide bonds. The van der Waals surface area contributed by atoms with E-state index >= 15 is 0 Å². The second-order valence-electron chi connectivity index (χ2n) is 18.0. The van der Waals surface area contributed by atoms with Crippen LogP contribution in [0.25, 0.3) is 0 Å². The van der Waals surface area contributed by atoms with Crippen LogP contribution in [-0.4, -0.2) is 82.6 Å². The number of benzene rings is 1. The lowest BCUT2D eigenvalue weighted by Crippen LogP contribution is -2.56. The van der Waals surface area contributed by atoms with Crippen LogP contribution in [0.15, 0.2) is 36.4 Å². The SMILES string of the molecule is CC#CCOc1ccc(C[C@H](NC(=O)[C@@H](C=CCCCCCCC(=O)CCCCCCC)[C@@](O)(CC(=O)OC(C)OC(=O)C(C)(C)C)C(=O)O)C(=O)OC(C)OC(=O)C(C)(C)C)cc1. The zero-order valence-electron chi connectivity index (χ0n) is 39.7. The molecule has 3 N–H and O–H groups in total. The number of hydrogen-bond acceptors (Lipinski definition) is 13. The molecule has 1 aromatic rings. The summed E-state index contributed by atoms with van der Waals surface area (Å²) in [5.41, 5.74) is -4.51. The normalized spacial score (nSPS) is 14.4. The number of rotatable bonds is 29. The first-order valence-electron chi connectivity index (χ1n) is 22.3. The van der Waals surface area contributed by atoms with E-state index < -0.39 is 83.1 Å². The number of aliphatic hydroxyl groups is 1. The Morgan fingerprint density at radius 1 is 0.750 bits per heavy atom. The van der Waals surface area contributed by atoms with Gasteiger partial charge in [0.2, 0.25) is 18.5 Å². The van der Waals surface area contributed by atoms with Gasteiger partial charge in [0.05, 0.1) is 23.2 Å². The van der Waals surface area contributed by atoms with Crippen LogP contribution in [0.1, 0.15) is 158 Å². The molecule has 0 radical (unpaired) electrons. The zero-order chi connectivity index (χ0) is 48.5. The molecule has 2 unspecified atom stereocenters. The number of ether oxygens (including phenoxy) is 5. The van der Waals surface area contributed by atoms with Gasteiger partial charge in [0, 0.05) is 33.1 Å². The fourth-order valence-corrected chi connectivity index (χ4v) is 6.00. The maximum Gasteiger partial charge on any atom is 0.337 e. The van der Waals surface area contributed by atoms with E-state index in [1.807, 2.05) is 0 Å². The molecule has 358 valence electrons. The van der Waals surface area contributed by atoms with E-state index in [9.17, 15) is 43.8 Å². The summed E-state index contributed by atoms with van der Waals surface area (Å²) in [6, 6.07) is 4.97. The third-order valence-electron chi connectivity index (χ3n) is 9.85. The van der Waals surface area contributed by atoms with Crippen molar-refractivity contribution < 1.29 is 67.5 Å². The summed E-state index contributed by atoms with van der Waals surface area (Å²) in [5, 5.41) is 24.7. The summed E-state index contributed by atoms with van der Waals surface area (Å²) >= 11 is 0. The Hall–Kier alpha value is -5.23. The first kappa shape index (κ1) is 56.8. The van der Waals surface area contributed by atoms with Crippen LogP contribution in [0.3, 0.4) is 0 Å². The number of carbonyl (C=O) groups excluding carboxylic acids is 6. The standard InChI is InChI=1S/C49H73NO14/c1-11-13-15-18-21-24-37(51)25-22-19-16-17-20-23-26-39(49(59,44(55)56)33-41(52)61-34(3)63-45(57)47(5,6)7)42(53)50-40(43(54)62-35(4)64-46(58)48(8,9)10)32-36-27-29-38(30-28-36)60-31-14-12-2/h23,26-30,34-35,39-40,59H,11,13,15-22,24-25,31-33H2,1-10H3,(H,50,53)(H,55,56)/t34?,35?,39-,40+,49+/m1/s1. The van der Waals surface area contributed by atoms with Crippen molar-refractivity contribution in [1.29, 1.82) is 0 Å². The molecule has 15 heteroatoms. The summed E-state index contributed by atoms with van der Waals surface area (Å²) in [6.07, 6.45) is 7.97. The van der Waals surface area contributed by atoms with Crippen LogP contribution >= 0.6 is 0 Å². The van der Waals surface area contributed by atoms with E-state index in [0.29, 0.717) is 37.0 Å². The topological polar surface area (TPSA) is 218 Å². The van der Waals surface area contributed by atoms with Crippen molar-refractivity contribution in [2.45, 2.75) is 183 Å². The van der Waals surface area contributed by atoms with Crippen molar-refractivity contribution in [1.82, 2.24) is 5.32 Å². The highest BCUT2D eigenvalue weighted by molar-refractivity contribution is 5.95. The van der Waals surface area contributed by atoms with Crippen molar-refractivity contribution in [3.63, 3.8) is 0 Å². The van der Waals surface area contributed by atoms with Gasteiger partial charge in [-0.1, -0.05) is 75.7 Å². The molecular formula is C49H73NO14. The molecule has 0 saturated heterocycles. The lowest BCUT2D eigenvalue weighted by molar-refractivity contribution is -0.197. The number of esters is 4. The maximum absolute atomic E-state index is 14.3. The van der Waals surface area contributed by atoms with Crippen molar-refractivity contribution in [3.8, 4) is 17.6 Å². The van der Waals surface area contributed by atoms with E-state index in [1.165, 1.54) is 26.3 Å². The molecule has 0 saturated carbocycles. The number of carboxylic acid groups (broad SMARTS) is 1. The van der Waals surface area contributed by atoms with Gasteiger partial charge in [0.15, 0.2) is 5.60 Å². The van der Waals surface area contributed by atoms with Crippen LogP contribution in [0.2, 0.25) is 0 Å². The zero-order valence-corrected chi connectivity index (χ0v) is 39.7. The molecular weight excluding hydrogens is 827 g/mol. The number of hydrogen-bond donors (Lipinski definition) is 3. The Morgan fingerprint density at radius 2 is 1.28 bits per heavy atom. The molecule has 1 aromatic carbocycles. The van der Waals surface area contributed by atoms with Crippen LogP contribution in [0.4, 0.5) is 0 Å². The molecule has 15 nitrogen and oxygen atoms in total. The highest BCUT2D eigenvalue weighted by Gasteiger charge is 2.50. The third-order valence-corrected chi connectivity index (χ3v) is 9.85. The highest BCUT2D eigenvalue weighted by Crippen LogP contribution is 2.28. The molecule has 64 heavy (non-hydrogen) atoms. The molecule has 0 aliphatic rings. The van der Waals surface area contributed by atoms with Crippen LogP contribution < -0.4 is 10.1 Å². The van der Waals surface area contributed by atoms with Crippen LogP contribution in [0.5, 0.6) is 5.75 Å². The van der Waals surface area contributed by atoms with Crippen molar-refractivity contribution >= 4 is 41.5 Å². The van der Waals surface area contributed by atoms with Gasteiger partial charge in [-0.3, -0.25) is 24.0 Å². The minimum Gasteiger partial charge on any atom is -0.481 e. The predicted molar refractivity (Wildman–Crippen MR) is 239 cm³/mol. The third kappa shape index (κ3) is 22.4. The van der Waals surface area contributed by atoms with E-state index in [1.54, 1.807) is 72.7 Å². The smallest absolute Gasteiger partial charge is 0.337 e. The number of allylic oxidation sites excluding steroid dienone is 1. The lowest BCUT2D eigenvalue weighted by Gasteiger charge is -2.31. The Balaban J connectivity index is 3.42. The Labute approximate surface area is 379 Å². The number of carboxylic acids is 1. The van der Waals surface area contributed by atoms with Gasteiger partial charge in [0.1, 0.15) is 24.2 Å². The summed E-state index contributed by atoms with van der Waals surface area (Å²) in [5.74, 6) is -2.58. The molecule has 0 heterocycles. The average Bonchev–Trinajstić information content (AvgIpc) is 3.19. The van der Waals surface area contributed by atoms with Gasteiger partial charge in [-0.25, -0.2) is 9.59 Å².